The molecule has 1 aliphatic heterocycles. The highest BCUT2D eigenvalue weighted by molar-refractivity contribution is 5.91. The first-order chi connectivity index (χ1) is 12.9. The van der Waals surface area contributed by atoms with Gasteiger partial charge in [0.25, 0.3) is 0 Å². The van der Waals surface area contributed by atoms with Gasteiger partial charge in [0.1, 0.15) is 5.75 Å². The van der Waals surface area contributed by atoms with Crippen LogP contribution in [0.1, 0.15) is 57.8 Å². The molecule has 0 aliphatic carbocycles. The molecule has 0 bridgehead atoms. The average molecular weight is 356 g/mol. The highest BCUT2D eigenvalue weighted by Gasteiger charge is 2.11. The van der Waals surface area contributed by atoms with Crippen LogP contribution in [0.15, 0.2) is 30.5 Å². The molecule has 1 aromatic heterocycles. The number of ether oxygens (including phenoxy) is 1. The smallest absolute Gasteiger partial charge is 0.121 e. The van der Waals surface area contributed by atoms with Crippen molar-refractivity contribution < 1.29 is 4.74 Å². The van der Waals surface area contributed by atoms with E-state index < -0.39 is 0 Å². The maximum atomic E-state index is 5.41. The molecular weight excluding hydrogens is 322 g/mol. The summed E-state index contributed by atoms with van der Waals surface area (Å²) >= 11 is 0. The highest BCUT2D eigenvalue weighted by atomic mass is 16.5. The van der Waals surface area contributed by atoms with Crippen molar-refractivity contribution in [1.29, 1.82) is 0 Å². The fourth-order valence-electron chi connectivity index (χ4n) is 3.86. The third-order valence-electron chi connectivity index (χ3n) is 5.37. The molecule has 0 saturated carbocycles. The Balaban J connectivity index is 1.34. The van der Waals surface area contributed by atoms with Crippen molar-refractivity contribution in [3.8, 4) is 5.75 Å². The minimum atomic E-state index is 0.791. The summed E-state index contributed by atoms with van der Waals surface area (Å²) in [6, 6.07) is 8.92. The Morgan fingerprint density at radius 2 is 2.04 bits per heavy atom. The number of hydrogen-bond donors (Lipinski definition) is 2. The molecule has 4 nitrogen and oxygen atoms in total. The van der Waals surface area contributed by atoms with Crippen molar-refractivity contribution in [2.45, 2.75) is 63.8 Å². The molecule has 1 aromatic carbocycles. The number of piperidine rings is 1. The maximum absolute atomic E-state index is 5.41. The van der Waals surface area contributed by atoms with Crippen molar-refractivity contribution in [3.63, 3.8) is 0 Å². The molecule has 0 spiro atoms. The van der Waals surface area contributed by atoms with E-state index in [1.54, 1.807) is 7.11 Å². The fraction of sp³-hybridized carbons (Fsp3) is 0.591. The van der Waals surface area contributed by atoms with Gasteiger partial charge in [-0.3, -0.25) is 4.98 Å². The van der Waals surface area contributed by atoms with Crippen LogP contribution < -0.4 is 15.4 Å². The van der Waals surface area contributed by atoms with Crippen LogP contribution in [0.4, 0.5) is 5.69 Å². The first-order valence-corrected chi connectivity index (χ1v) is 10.3. The van der Waals surface area contributed by atoms with Crippen LogP contribution in [0.25, 0.3) is 10.9 Å². The lowest BCUT2D eigenvalue weighted by Gasteiger charge is -2.23. The van der Waals surface area contributed by atoms with Crippen LogP contribution in [-0.4, -0.2) is 31.2 Å². The van der Waals surface area contributed by atoms with Gasteiger partial charge in [0, 0.05) is 30.2 Å². The Hall–Kier alpha value is -1.81. The van der Waals surface area contributed by atoms with E-state index in [-0.39, 0.29) is 0 Å². The van der Waals surface area contributed by atoms with E-state index >= 15 is 0 Å². The maximum Gasteiger partial charge on any atom is 0.121 e. The van der Waals surface area contributed by atoms with E-state index in [1.807, 2.05) is 24.4 Å². The van der Waals surface area contributed by atoms with Crippen LogP contribution >= 0.6 is 0 Å². The standard InChI is InChI=1S/C22H33N3O/c1-26-20-16-18-10-9-15-25-22(18)21(17-20)24-14-7-4-2-3-5-11-19-12-6-8-13-23-19/h9-10,15-17,19,23-24H,2-8,11-14H2,1H3/t19-/m1/s1. The Kier molecular flexibility index (Phi) is 7.56. The first-order valence-electron chi connectivity index (χ1n) is 10.3. The molecule has 26 heavy (non-hydrogen) atoms. The van der Waals surface area contributed by atoms with Crippen molar-refractivity contribution in [2.24, 2.45) is 0 Å². The molecule has 0 amide bonds. The minimum Gasteiger partial charge on any atom is -0.497 e. The van der Waals surface area contributed by atoms with E-state index in [9.17, 15) is 0 Å². The summed E-state index contributed by atoms with van der Waals surface area (Å²) in [5.74, 6) is 0.879. The molecule has 1 saturated heterocycles. The van der Waals surface area contributed by atoms with Crippen molar-refractivity contribution in [3.05, 3.63) is 30.5 Å². The van der Waals surface area contributed by atoms with Gasteiger partial charge in [0.05, 0.1) is 18.3 Å². The molecule has 4 heteroatoms. The van der Waals surface area contributed by atoms with Crippen molar-refractivity contribution >= 4 is 16.6 Å². The normalized spacial score (nSPS) is 17.3. The quantitative estimate of drug-likeness (QED) is 0.579. The number of pyridine rings is 1. The predicted octanol–water partition coefficient (Wildman–Crippen LogP) is 5.14. The van der Waals surface area contributed by atoms with Crippen LogP contribution in [0.2, 0.25) is 0 Å². The van der Waals surface area contributed by atoms with Crippen LogP contribution in [-0.2, 0) is 0 Å². The second kappa shape index (κ2) is 10.4. The number of benzene rings is 1. The molecule has 1 fully saturated rings. The molecule has 3 rings (SSSR count). The number of fused-ring (bicyclic) bond motifs is 1. The Morgan fingerprint density at radius 1 is 1.15 bits per heavy atom. The third kappa shape index (κ3) is 5.60. The van der Waals surface area contributed by atoms with E-state index in [2.05, 4.69) is 21.7 Å². The van der Waals surface area contributed by atoms with Gasteiger partial charge < -0.3 is 15.4 Å². The number of methoxy groups -OCH3 is 1. The molecule has 1 atom stereocenters. The van der Waals surface area contributed by atoms with Gasteiger partial charge in [0.15, 0.2) is 0 Å². The summed E-state index contributed by atoms with van der Waals surface area (Å²) in [6.07, 6.45) is 13.9. The molecule has 0 unspecified atom stereocenters. The summed E-state index contributed by atoms with van der Waals surface area (Å²) in [4.78, 5) is 4.52. The first kappa shape index (κ1) is 19.0. The number of nitrogens with zero attached hydrogens (tertiary/aromatic N) is 1. The zero-order valence-corrected chi connectivity index (χ0v) is 16.1. The summed E-state index contributed by atoms with van der Waals surface area (Å²) < 4.78 is 5.41. The lowest BCUT2D eigenvalue weighted by atomic mass is 9.99. The largest absolute Gasteiger partial charge is 0.497 e. The molecule has 0 radical (unpaired) electrons. The molecule has 2 heterocycles. The van der Waals surface area contributed by atoms with E-state index in [0.717, 1.165) is 34.9 Å². The summed E-state index contributed by atoms with van der Waals surface area (Å²) in [5, 5.41) is 8.32. The lowest BCUT2D eigenvalue weighted by molar-refractivity contribution is 0.370. The van der Waals surface area contributed by atoms with Gasteiger partial charge in [-0.2, -0.15) is 0 Å². The molecular formula is C22H33N3O. The fourth-order valence-corrected chi connectivity index (χ4v) is 3.86. The van der Waals surface area contributed by atoms with Gasteiger partial charge in [-0.1, -0.05) is 38.2 Å². The zero-order valence-electron chi connectivity index (χ0n) is 16.1. The average Bonchev–Trinajstić information content (AvgIpc) is 2.70. The molecule has 2 N–H and O–H groups in total. The third-order valence-corrected chi connectivity index (χ3v) is 5.37. The second-order valence-electron chi connectivity index (χ2n) is 7.38. The Morgan fingerprint density at radius 3 is 2.88 bits per heavy atom. The van der Waals surface area contributed by atoms with Crippen LogP contribution in [0, 0.1) is 0 Å². The van der Waals surface area contributed by atoms with E-state index in [1.165, 1.54) is 64.3 Å². The minimum absolute atomic E-state index is 0.791. The second-order valence-corrected chi connectivity index (χ2v) is 7.38. The number of rotatable bonds is 10. The van der Waals surface area contributed by atoms with Gasteiger partial charge in [-0.05, 0) is 44.4 Å². The van der Waals surface area contributed by atoms with Gasteiger partial charge in [-0.25, -0.2) is 0 Å². The summed E-state index contributed by atoms with van der Waals surface area (Å²) in [6.45, 7) is 2.22. The topological polar surface area (TPSA) is 46.2 Å². The van der Waals surface area contributed by atoms with Crippen LogP contribution in [0.5, 0.6) is 5.75 Å². The predicted molar refractivity (Wildman–Crippen MR) is 110 cm³/mol. The van der Waals surface area contributed by atoms with Crippen molar-refractivity contribution in [1.82, 2.24) is 10.3 Å². The van der Waals surface area contributed by atoms with E-state index in [0.29, 0.717) is 0 Å². The highest BCUT2D eigenvalue weighted by Crippen LogP contribution is 2.27. The van der Waals surface area contributed by atoms with Crippen molar-refractivity contribution in [2.75, 3.05) is 25.5 Å². The molecule has 2 aromatic rings. The summed E-state index contributed by atoms with van der Waals surface area (Å²) in [7, 11) is 1.71. The number of anilines is 1. The monoisotopic (exact) mass is 355 g/mol. The van der Waals surface area contributed by atoms with Crippen LogP contribution in [0.3, 0.4) is 0 Å². The van der Waals surface area contributed by atoms with Gasteiger partial charge in [0.2, 0.25) is 0 Å². The summed E-state index contributed by atoms with van der Waals surface area (Å²) in [5.41, 5.74) is 2.09. The SMILES string of the molecule is COc1cc(NCCCCCCC[C@@H]2CCCCN2)c2ncccc2c1. The lowest BCUT2D eigenvalue weighted by Crippen LogP contribution is -2.33. The van der Waals surface area contributed by atoms with Gasteiger partial charge >= 0.3 is 0 Å². The Labute approximate surface area is 157 Å². The zero-order chi connectivity index (χ0) is 18.0. The molecule has 1 aliphatic rings. The number of unbranched alkanes of at least 4 members (excludes halogenated alkanes) is 4. The van der Waals surface area contributed by atoms with Gasteiger partial charge in [-0.15, -0.1) is 0 Å². The molecule has 142 valence electrons. The number of nitrogens with one attached hydrogen (secondary N) is 2. The number of aromatic nitrogens is 1. The Bertz CT molecular complexity index is 667. The van der Waals surface area contributed by atoms with E-state index in [4.69, 9.17) is 4.74 Å². The number of hydrogen-bond acceptors (Lipinski definition) is 4.